The van der Waals surface area contributed by atoms with Gasteiger partial charge in [0.25, 0.3) is 0 Å². The fourth-order valence-corrected chi connectivity index (χ4v) is 3.01. The van der Waals surface area contributed by atoms with E-state index in [0.717, 1.165) is 15.6 Å². The molecule has 1 N–H and O–H groups in total. The monoisotopic (exact) mass is 272 g/mol. The minimum absolute atomic E-state index is 0.263. The Morgan fingerprint density at radius 2 is 1.79 bits per heavy atom. The maximum atomic E-state index is 13.9. The summed E-state index contributed by atoms with van der Waals surface area (Å²) in [7, 11) is 0. The molecule has 0 aliphatic rings. The summed E-state index contributed by atoms with van der Waals surface area (Å²) in [4.78, 5) is 11.3. The summed E-state index contributed by atoms with van der Waals surface area (Å²) in [5.41, 5.74) is 1.21. The molecule has 0 aliphatic heterocycles. The number of carboxylic acids is 1. The number of hydrogen-bond acceptors (Lipinski definition) is 2. The summed E-state index contributed by atoms with van der Waals surface area (Å²) in [6, 6.07) is 13.6. The second-order valence-electron chi connectivity index (χ2n) is 4.11. The average molecular weight is 272 g/mol. The highest BCUT2D eigenvalue weighted by atomic mass is 32.1. The zero-order valence-electron chi connectivity index (χ0n) is 9.76. The van der Waals surface area contributed by atoms with Gasteiger partial charge in [-0.2, -0.15) is 0 Å². The zero-order valence-corrected chi connectivity index (χ0v) is 10.6. The average Bonchev–Trinajstić information content (AvgIpc) is 2.83. The van der Waals surface area contributed by atoms with Crippen LogP contribution in [-0.2, 0) is 0 Å². The summed E-state index contributed by atoms with van der Waals surface area (Å²) in [6.07, 6.45) is 0. The van der Waals surface area contributed by atoms with E-state index in [1.165, 1.54) is 17.4 Å². The van der Waals surface area contributed by atoms with E-state index < -0.39 is 5.97 Å². The Labute approximate surface area is 112 Å². The molecule has 0 fully saturated rings. The largest absolute Gasteiger partial charge is 0.477 e. The van der Waals surface area contributed by atoms with Gasteiger partial charge in [0, 0.05) is 15.6 Å². The van der Waals surface area contributed by atoms with Crippen LogP contribution < -0.4 is 0 Å². The van der Waals surface area contributed by atoms with Gasteiger partial charge >= 0.3 is 5.97 Å². The highest BCUT2D eigenvalue weighted by Crippen LogP contribution is 2.35. The number of benzene rings is 2. The molecule has 0 bridgehead atoms. The van der Waals surface area contributed by atoms with E-state index in [1.807, 2.05) is 12.1 Å². The molecule has 2 nitrogen and oxygen atoms in total. The molecule has 0 saturated heterocycles. The predicted molar refractivity (Wildman–Crippen MR) is 74.2 cm³/mol. The molecule has 0 atom stereocenters. The van der Waals surface area contributed by atoms with Gasteiger partial charge in [-0.25, -0.2) is 9.18 Å². The van der Waals surface area contributed by atoms with E-state index in [9.17, 15) is 9.18 Å². The van der Waals surface area contributed by atoms with Gasteiger partial charge in [0.15, 0.2) is 0 Å². The summed E-state index contributed by atoms with van der Waals surface area (Å²) >= 11 is 1.20. The SMILES string of the molecule is O=C(O)c1cc2c(-c3ccccc3F)cccc2s1. The topological polar surface area (TPSA) is 37.3 Å². The number of rotatable bonds is 2. The van der Waals surface area contributed by atoms with Crippen molar-refractivity contribution < 1.29 is 14.3 Å². The van der Waals surface area contributed by atoms with Crippen molar-refractivity contribution in [2.75, 3.05) is 0 Å². The third-order valence-electron chi connectivity index (χ3n) is 2.94. The Bertz CT molecular complexity index is 777. The van der Waals surface area contributed by atoms with Crippen molar-refractivity contribution >= 4 is 27.4 Å². The van der Waals surface area contributed by atoms with Gasteiger partial charge in [0.1, 0.15) is 10.7 Å². The van der Waals surface area contributed by atoms with Crippen molar-refractivity contribution in [2.24, 2.45) is 0 Å². The molecule has 94 valence electrons. The van der Waals surface area contributed by atoms with Crippen LogP contribution in [0.4, 0.5) is 4.39 Å². The van der Waals surface area contributed by atoms with Gasteiger partial charge in [0.05, 0.1) is 0 Å². The van der Waals surface area contributed by atoms with Gasteiger partial charge in [-0.05, 0) is 23.8 Å². The van der Waals surface area contributed by atoms with E-state index in [0.29, 0.717) is 5.56 Å². The lowest BCUT2D eigenvalue weighted by atomic mass is 10.0. The fraction of sp³-hybridized carbons (Fsp3) is 0. The van der Waals surface area contributed by atoms with Gasteiger partial charge < -0.3 is 5.11 Å². The lowest BCUT2D eigenvalue weighted by Gasteiger charge is -2.04. The number of carboxylic acid groups (broad SMARTS) is 1. The van der Waals surface area contributed by atoms with Crippen molar-refractivity contribution in [3.8, 4) is 11.1 Å². The highest BCUT2D eigenvalue weighted by Gasteiger charge is 2.13. The molecule has 0 spiro atoms. The smallest absolute Gasteiger partial charge is 0.345 e. The Hall–Kier alpha value is -2.20. The molecule has 19 heavy (non-hydrogen) atoms. The van der Waals surface area contributed by atoms with Crippen LogP contribution in [0, 0.1) is 5.82 Å². The Morgan fingerprint density at radius 1 is 1.05 bits per heavy atom. The van der Waals surface area contributed by atoms with Crippen molar-refractivity contribution in [1.29, 1.82) is 0 Å². The molecule has 1 heterocycles. The van der Waals surface area contributed by atoms with E-state index in [4.69, 9.17) is 5.11 Å². The Morgan fingerprint density at radius 3 is 2.53 bits per heavy atom. The van der Waals surface area contributed by atoms with Gasteiger partial charge in [-0.1, -0.05) is 30.3 Å². The van der Waals surface area contributed by atoms with Crippen molar-refractivity contribution in [3.05, 3.63) is 59.2 Å². The first-order chi connectivity index (χ1) is 9.16. The van der Waals surface area contributed by atoms with Crippen molar-refractivity contribution in [1.82, 2.24) is 0 Å². The standard InChI is InChI=1S/C15H9FO2S/c16-12-6-2-1-4-10(12)9-5-3-7-13-11(9)8-14(19-13)15(17)18/h1-8H,(H,17,18). The Balaban J connectivity index is 2.30. The van der Waals surface area contributed by atoms with Gasteiger partial charge in [-0.3, -0.25) is 0 Å². The molecule has 4 heteroatoms. The van der Waals surface area contributed by atoms with Gasteiger partial charge in [-0.15, -0.1) is 11.3 Å². The zero-order chi connectivity index (χ0) is 13.4. The predicted octanol–water partition coefficient (Wildman–Crippen LogP) is 4.41. The number of carbonyl (C=O) groups is 1. The summed E-state index contributed by atoms with van der Waals surface area (Å²) in [6.45, 7) is 0. The van der Waals surface area contributed by atoms with Crippen LogP contribution in [0.5, 0.6) is 0 Å². The lowest BCUT2D eigenvalue weighted by Crippen LogP contribution is -1.89. The van der Waals surface area contributed by atoms with Crippen LogP contribution in [0.15, 0.2) is 48.5 Å². The minimum Gasteiger partial charge on any atom is -0.477 e. The van der Waals surface area contributed by atoms with Crippen molar-refractivity contribution in [3.63, 3.8) is 0 Å². The van der Waals surface area contributed by atoms with Crippen LogP contribution in [-0.4, -0.2) is 11.1 Å². The molecule has 3 aromatic rings. The molecule has 0 amide bonds. The summed E-state index contributed by atoms with van der Waals surface area (Å²) < 4.78 is 14.7. The van der Waals surface area contributed by atoms with Crippen LogP contribution in [0.25, 0.3) is 21.2 Å². The molecular formula is C15H9FO2S. The van der Waals surface area contributed by atoms with E-state index in [2.05, 4.69) is 0 Å². The number of hydrogen-bond donors (Lipinski definition) is 1. The molecular weight excluding hydrogens is 263 g/mol. The summed E-state index contributed by atoms with van der Waals surface area (Å²) in [5.74, 6) is -1.27. The van der Waals surface area contributed by atoms with Crippen LogP contribution in [0.1, 0.15) is 9.67 Å². The molecule has 2 aromatic carbocycles. The molecule has 0 aliphatic carbocycles. The molecule has 3 rings (SSSR count). The number of aromatic carboxylic acids is 1. The lowest BCUT2D eigenvalue weighted by molar-refractivity contribution is 0.0702. The third kappa shape index (κ3) is 2.00. The summed E-state index contributed by atoms with van der Waals surface area (Å²) in [5, 5.41) is 9.81. The van der Waals surface area contributed by atoms with Gasteiger partial charge in [0.2, 0.25) is 0 Å². The fourth-order valence-electron chi connectivity index (χ4n) is 2.08. The normalized spacial score (nSPS) is 10.8. The van der Waals surface area contributed by atoms with E-state index in [-0.39, 0.29) is 10.7 Å². The van der Waals surface area contributed by atoms with E-state index >= 15 is 0 Å². The number of fused-ring (bicyclic) bond motifs is 1. The molecule has 1 aromatic heterocycles. The first kappa shape index (κ1) is 11.9. The van der Waals surface area contributed by atoms with Crippen LogP contribution in [0.3, 0.4) is 0 Å². The first-order valence-electron chi connectivity index (χ1n) is 5.67. The minimum atomic E-state index is -0.958. The number of halogens is 1. The van der Waals surface area contributed by atoms with Crippen molar-refractivity contribution in [2.45, 2.75) is 0 Å². The highest BCUT2D eigenvalue weighted by molar-refractivity contribution is 7.20. The first-order valence-corrected chi connectivity index (χ1v) is 6.49. The van der Waals surface area contributed by atoms with E-state index in [1.54, 1.807) is 30.3 Å². The Kier molecular flexibility index (Phi) is 2.80. The molecule has 0 radical (unpaired) electrons. The molecule has 0 saturated carbocycles. The second-order valence-corrected chi connectivity index (χ2v) is 5.20. The maximum Gasteiger partial charge on any atom is 0.345 e. The van der Waals surface area contributed by atoms with Crippen LogP contribution >= 0.6 is 11.3 Å². The third-order valence-corrected chi connectivity index (χ3v) is 4.02. The number of thiophene rings is 1. The quantitative estimate of drug-likeness (QED) is 0.750. The maximum absolute atomic E-state index is 13.9. The molecule has 0 unspecified atom stereocenters. The van der Waals surface area contributed by atoms with Crippen LogP contribution in [0.2, 0.25) is 0 Å². The second kappa shape index (κ2) is 4.48.